The Morgan fingerprint density at radius 1 is 1.07 bits per heavy atom. The van der Waals surface area contributed by atoms with Gasteiger partial charge in [0.05, 0.1) is 0 Å². The van der Waals surface area contributed by atoms with E-state index in [9.17, 15) is 14.0 Å². The molecule has 1 unspecified atom stereocenters. The Labute approximate surface area is 178 Å². The van der Waals surface area contributed by atoms with E-state index in [-0.39, 0.29) is 23.8 Å². The van der Waals surface area contributed by atoms with Gasteiger partial charge in [0.15, 0.2) is 0 Å². The molecule has 0 spiro atoms. The number of hydrogen-bond donors (Lipinski definition) is 1. The summed E-state index contributed by atoms with van der Waals surface area (Å²) in [5.74, 6) is -0.844. The summed E-state index contributed by atoms with van der Waals surface area (Å²) >= 11 is 0. The number of nitrogens with zero attached hydrogens (tertiary/aromatic N) is 2. The Bertz CT molecular complexity index is 896. The standard InChI is InChI=1S/C24H32FN3O2/c1-7-17(4)28(24(30)18-9-8-10-20(25)13-18)15-19-14-21(26-23(29)16(2)3)11-12-22(19)27(5)6/h8-14,16-17H,7,15H2,1-6H3,(H,26,29). The number of nitrogens with one attached hydrogen (secondary N) is 1. The Balaban J connectivity index is 2.42. The first-order valence-corrected chi connectivity index (χ1v) is 10.3. The lowest BCUT2D eigenvalue weighted by atomic mass is 10.1. The first kappa shape index (κ1) is 23.4. The molecule has 6 heteroatoms. The molecular formula is C24H32FN3O2. The van der Waals surface area contributed by atoms with Crippen LogP contribution in [0, 0.1) is 11.7 Å². The number of carbonyl (C=O) groups excluding carboxylic acids is 2. The third kappa shape index (κ3) is 5.81. The van der Waals surface area contributed by atoms with E-state index in [1.165, 1.54) is 12.1 Å². The van der Waals surface area contributed by atoms with Gasteiger partial charge in [-0.05, 0) is 55.3 Å². The Hall–Kier alpha value is -2.89. The number of rotatable bonds is 8. The first-order chi connectivity index (χ1) is 14.1. The lowest BCUT2D eigenvalue weighted by Crippen LogP contribution is -2.38. The number of hydrogen-bond acceptors (Lipinski definition) is 3. The van der Waals surface area contributed by atoms with Crippen LogP contribution >= 0.6 is 0 Å². The number of halogens is 1. The highest BCUT2D eigenvalue weighted by molar-refractivity contribution is 5.95. The average molecular weight is 414 g/mol. The van der Waals surface area contributed by atoms with Crippen LogP contribution in [0.5, 0.6) is 0 Å². The van der Waals surface area contributed by atoms with E-state index in [4.69, 9.17) is 0 Å². The largest absolute Gasteiger partial charge is 0.377 e. The van der Waals surface area contributed by atoms with Crippen molar-refractivity contribution in [3.8, 4) is 0 Å². The lowest BCUT2D eigenvalue weighted by Gasteiger charge is -2.31. The van der Waals surface area contributed by atoms with E-state index in [2.05, 4.69) is 5.32 Å². The summed E-state index contributed by atoms with van der Waals surface area (Å²) in [6, 6.07) is 11.4. The molecule has 0 bridgehead atoms. The average Bonchev–Trinajstić information content (AvgIpc) is 2.70. The lowest BCUT2D eigenvalue weighted by molar-refractivity contribution is -0.118. The Morgan fingerprint density at radius 3 is 2.33 bits per heavy atom. The highest BCUT2D eigenvalue weighted by atomic mass is 19.1. The third-order valence-corrected chi connectivity index (χ3v) is 5.15. The molecule has 30 heavy (non-hydrogen) atoms. The predicted octanol–water partition coefficient (Wildman–Crippen LogP) is 4.93. The van der Waals surface area contributed by atoms with Crippen molar-refractivity contribution in [2.24, 2.45) is 5.92 Å². The van der Waals surface area contributed by atoms with Crippen molar-refractivity contribution < 1.29 is 14.0 Å². The van der Waals surface area contributed by atoms with Crippen molar-refractivity contribution in [2.45, 2.75) is 46.7 Å². The summed E-state index contributed by atoms with van der Waals surface area (Å²) in [5.41, 5.74) is 2.88. The van der Waals surface area contributed by atoms with Crippen LogP contribution in [-0.4, -0.2) is 36.9 Å². The van der Waals surface area contributed by atoms with Crippen molar-refractivity contribution in [2.75, 3.05) is 24.3 Å². The molecule has 2 amide bonds. The predicted molar refractivity (Wildman–Crippen MR) is 120 cm³/mol. The van der Waals surface area contributed by atoms with Gasteiger partial charge in [-0.2, -0.15) is 0 Å². The highest BCUT2D eigenvalue weighted by Crippen LogP contribution is 2.27. The van der Waals surface area contributed by atoms with Gasteiger partial charge in [0.25, 0.3) is 5.91 Å². The van der Waals surface area contributed by atoms with Gasteiger partial charge in [-0.25, -0.2) is 4.39 Å². The topological polar surface area (TPSA) is 52.7 Å². The van der Waals surface area contributed by atoms with Gasteiger partial charge in [0, 0.05) is 49.5 Å². The van der Waals surface area contributed by atoms with Crippen LogP contribution in [-0.2, 0) is 11.3 Å². The summed E-state index contributed by atoms with van der Waals surface area (Å²) in [5, 5.41) is 2.92. The first-order valence-electron chi connectivity index (χ1n) is 10.3. The fraction of sp³-hybridized carbons (Fsp3) is 0.417. The second kappa shape index (κ2) is 10.2. The fourth-order valence-corrected chi connectivity index (χ4v) is 3.13. The minimum atomic E-state index is -0.433. The highest BCUT2D eigenvalue weighted by Gasteiger charge is 2.23. The SMILES string of the molecule is CCC(C)N(Cc1cc(NC(=O)C(C)C)ccc1N(C)C)C(=O)c1cccc(F)c1. The molecule has 1 N–H and O–H groups in total. The fourth-order valence-electron chi connectivity index (χ4n) is 3.13. The molecule has 2 aromatic carbocycles. The van der Waals surface area contributed by atoms with Crippen LogP contribution in [0.15, 0.2) is 42.5 Å². The molecule has 0 aliphatic carbocycles. The molecule has 0 radical (unpaired) electrons. The molecule has 162 valence electrons. The van der Waals surface area contributed by atoms with Crippen LogP contribution in [0.4, 0.5) is 15.8 Å². The van der Waals surface area contributed by atoms with Gasteiger partial charge in [0.1, 0.15) is 5.82 Å². The van der Waals surface area contributed by atoms with E-state index in [0.717, 1.165) is 17.7 Å². The maximum atomic E-state index is 13.7. The molecule has 0 aliphatic rings. The van der Waals surface area contributed by atoms with Gasteiger partial charge in [-0.3, -0.25) is 9.59 Å². The van der Waals surface area contributed by atoms with E-state index >= 15 is 0 Å². The second-order valence-corrected chi connectivity index (χ2v) is 8.08. The van der Waals surface area contributed by atoms with Crippen molar-refractivity contribution in [3.05, 3.63) is 59.4 Å². The van der Waals surface area contributed by atoms with Crippen LogP contribution in [0.3, 0.4) is 0 Å². The monoisotopic (exact) mass is 413 g/mol. The van der Waals surface area contributed by atoms with Crippen LogP contribution in [0.1, 0.15) is 50.0 Å². The number of benzene rings is 2. The zero-order valence-electron chi connectivity index (χ0n) is 18.7. The molecule has 1 atom stereocenters. The van der Waals surface area contributed by atoms with Crippen molar-refractivity contribution in [1.29, 1.82) is 0 Å². The Morgan fingerprint density at radius 2 is 1.77 bits per heavy atom. The van der Waals surface area contributed by atoms with E-state index in [1.54, 1.807) is 17.0 Å². The quantitative estimate of drug-likeness (QED) is 0.668. The van der Waals surface area contributed by atoms with Crippen LogP contribution < -0.4 is 10.2 Å². The van der Waals surface area contributed by atoms with E-state index in [0.29, 0.717) is 17.8 Å². The summed E-state index contributed by atoms with van der Waals surface area (Å²) in [6.07, 6.45) is 0.766. The molecule has 5 nitrogen and oxygen atoms in total. The van der Waals surface area contributed by atoms with E-state index < -0.39 is 5.82 Å². The molecule has 0 saturated carbocycles. The maximum Gasteiger partial charge on any atom is 0.254 e. The smallest absolute Gasteiger partial charge is 0.254 e. The van der Waals surface area contributed by atoms with Crippen molar-refractivity contribution in [3.63, 3.8) is 0 Å². The summed E-state index contributed by atoms with van der Waals surface area (Å²) in [4.78, 5) is 29.1. The summed E-state index contributed by atoms with van der Waals surface area (Å²) in [6.45, 7) is 8.03. The van der Waals surface area contributed by atoms with Gasteiger partial charge in [-0.15, -0.1) is 0 Å². The summed E-state index contributed by atoms with van der Waals surface area (Å²) < 4.78 is 13.7. The molecule has 2 rings (SSSR count). The number of carbonyl (C=O) groups is 2. The maximum absolute atomic E-state index is 13.7. The Kier molecular flexibility index (Phi) is 7.98. The van der Waals surface area contributed by atoms with Gasteiger partial charge in [0.2, 0.25) is 5.91 Å². The van der Waals surface area contributed by atoms with E-state index in [1.807, 2.05) is 64.9 Å². The van der Waals surface area contributed by atoms with Crippen molar-refractivity contribution >= 4 is 23.2 Å². The second-order valence-electron chi connectivity index (χ2n) is 8.08. The van der Waals surface area contributed by atoms with Gasteiger partial charge in [-0.1, -0.05) is 26.8 Å². The molecule has 0 aromatic heterocycles. The molecule has 0 saturated heterocycles. The molecule has 0 aliphatic heterocycles. The number of anilines is 2. The third-order valence-electron chi connectivity index (χ3n) is 5.15. The molecular weight excluding hydrogens is 381 g/mol. The zero-order chi connectivity index (χ0) is 22.4. The van der Waals surface area contributed by atoms with Gasteiger partial charge < -0.3 is 15.1 Å². The number of amides is 2. The molecule has 0 heterocycles. The van der Waals surface area contributed by atoms with Crippen LogP contribution in [0.25, 0.3) is 0 Å². The molecule has 2 aromatic rings. The van der Waals surface area contributed by atoms with Crippen LogP contribution in [0.2, 0.25) is 0 Å². The summed E-state index contributed by atoms with van der Waals surface area (Å²) in [7, 11) is 3.88. The van der Waals surface area contributed by atoms with Crippen molar-refractivity contribution in [1.82, 2.24) is 4.90 Å². The van der Waals surface area contributed by atoms with Gasteiger partial charge >= 0.3 is 0 Å². The minimum absolute atomic E-state index is 0.0373. The normalized spacial score (nSPS) is 11.9. The zero-order valence-corrected chi connectivity index (χ0v) is 18.7. The minimum Gasteiger partial charge on any atom is -0.377 e. The molecule has 0 fully saturated rings.